The van der Waals surface area contributed by atoms with E-state index in [1.807, 2.05) is 26.0 Å². The normalized spacial score (nSPS) is 12.5. The molecule has 0 aliphatic rings. The first-order valence-corrected chi connectivity index (χ1v) is 5.86. The zero-order chi connectivity index (χ0) is 12.7. The van der Waals surface area contributed by atoms with E-state index in [-0.39, 0.29) is 18.0 Å². The third-order valence-electron chi connectivity index (χ3n) is 2.08. The van der Waals surface area contributed by atoms with Crippen LogP contribution in [0.4, 0.5) is 0 Å². The Labute approximate surface area is 105 Å². The number of halogens is 1. The first-order chi connectivity index (χ1) is 7.34. The number of ketones is 2. The van der Waals surface area contributed by atoms with E-state index in [1.54, 1.807) is 0 Å². The summed E-state index contributed by atoms with van der Waals surface area (Å²) >= 11 is 3.30. The van der Waals surface area contributed by atoms with Crippen molar-refractivity contribution in [3.05, 3.63) is 34.4 Å². The Kier molecular flexibility index (Phi) is 6.90. The molecule has 0 saturated carbocycles. The molecule has 0 rings (SSSR count). The van der Waals surface area contributed by atoms with Crippen LogP contribution >= 0.6 is 15.9 Å². The fourth-order valence-corrected chi connectivity index (χ4v) is 1.13. The maximum absolute atomic E-state index is 11.6. The quantitative estimate of drug-likeness (QED) is 0.550. The van der Waals surface area contributed by atoms with Crippen LogP contribution in [0.1, 0.15) is 33.6 Å². The van der Waals surface area contributed by atoms with E-state index in [0.717, 1.165) is 10.1 Å². The van der Waals surface area contributed by atoms with Gasteiger partial charge in [0.25, 0.3) is 0 Å². The molecule has 3 heteroatoms. The van der Waals surface area contributed by atoms with Gasteiger partial charge < -0.3 is 4.79 Å². The number of carbonyl (C=O) groups excluding carboxylic acids is 2. The standard InChI is InChI=1S/C13H17BrO2/c1-9(5-6-10(2)14)12(4)13(16)8-7-11(3)15/h5-6H,4,7-8H2,1-3H3/b9-5-,10-6+. The summed E-state index contributed by atoms with van der Waals surface area (Å²) < 4.78 is 0.982. The fraction of sp³-hybridized carbons (Fsp3) is 0.385. The van der Waals surface area contributed by atoms with Gasteiger partial charge in [0.1, 0.15) is 5.78 Å². The predicted octanol–water partition coefficient (Wildman–Crippen LogP) is 3.73. The zero-order valence-corrected chi connectivity index (χ0v) is 11.6. The third kappa shape index (κ3) is 6.51. The van der Waals surface area contributed by atoms with E-state index in [4.69, 9.17) is 0 Å². The van der Waals surface area contributed by atoms with Crippen LogP contribution in [0.2, 0.25) is 0 Å². The van der Waals surface area contributed by atoms with Crippen LogP contribution in [-0.2, 0) is 9.59 Å². The largest absolute Gasteiger partial charge is 0.300 e. The summed E-state index contributed by atoms with van der Waals surface area (Å²) in [6.45, 7) is 8.96. The van der Waals surface area contributed by atoms with Crippen molar-refractivity contribution in [2.24, 2.45) is 0 Å². The van der Waals surface area contributed by atoms with E-state index in [2.05, 4.69) is 22.5 Å². The van der Waals surface area contributed by atoms with Crippen LogP contribution in [0.3, 0.4) is 0 Å². The first kappa shape index (κ1) is 15.0. The molecule has 0 aromatic carbocycles. The number of Topliss-reactive ketones (excluding diaryl/α,β-unsaturated/α-hetero) is 2. The van der Waals surface area contributed by atoms with E-state index in [1.165, 1.54) is 6.92 Å². The van der Waals surface area contributed by atoms with E-state index in [9.17, 15) is 9.59 Å². The molecular weight excluding hydrogens is 268 g/mol. The lowest BCUT2D eigenvalue weighted by Crippen LogP contribution is -2.05. The highest BCUT2D eigenvalue weighted by Crippen LogP contribution is 2.13. The van der Waals surface area contributed by atoms with E-state index in [0.29, 0.717) is 12.0 Å². The van der Waals surface area contributed by atoms with Gasteiger partial charge in [0.2, 0.25) is 0 Å². The van der Waals surface area contributed by atoms with Crippen LogP contribution < -0.4 is 0 Å². The van der Waals surface area contributed by atoms with Crippen LogP contribution in [0.5, 0.6) is 0 Å². The second kappa shape index (κ2) is 7.34. The smallest absolute Gasteiger partial charge is 0.162 e. The van der Waals surface area contributed by atoms with Crippen LogP contribution in [-0.4, -0.2) is 11.6 Å². The molecule has 0 aromatic heterocycles. The molecule has 0 atom stereocenters. The summed E-state index contributed by atoms with van der Waals surface area (Å²) in [7, 11) is 0. The highest BCUT2D eigenvalue weighted by atomic mass is 79.9. The Morgan fingerprint density at radius 1 is 1.12 bits per heavy atom. The zero-order valence-electron chi connectivity index (χ0n) is 9.97. The first-order valence-electron chi connectivity index (χ1n) is 5.07. The van der Waals surface area contributed by atoms with Crippen LogP contribution in [0.15, 0.2) is 34.4 Å². The lowest BCUT2D eigenvalue weighted by molar-refractivity contribution is -0.121. The molecule has 0 unspecified atom stereocenters. The topological polar surface area (TPSA) is 34.1 Å². The number of hydrogen-bond acceptors (Lipinski definition) is 2. The maximum Gasteiger partial charge on any atom is 0.162 e. The summed E-state index contributed by atoms with van der Waals surface area (Å²) in [5.41, 5.74) is 1.30. The van der Waals surface area contributed by atoms with Gasteiger partial charge in [0, 0.05) is 18.4 Å². The van der Waals surface area contributed by atoms with Crippen molar-refractivity contribution in [1.82, 2.24) is 0 Å². The van der Waals surface area contributed by atoms with Gasteiger partial charge in [-0.15, -0.1) is 0 Å². The molecule has 0 heterocycles. The Morgan fingerprint density at radius 2 is 1.69 bits per heavy atom. The third-order valence-corrected chi connectivity index (χ3v) is 2.34. The van der Waals surface area contributed by atoms with E-state index < -0.39 is 0 Å². The van der Waals surface area contributed by atoms with Crippen molar-refractivity contribution in [3.63, 3.8) is 0 Å². The summed E-state index contributed by atoms with van der Waals surface area (Å²) in [5, 5.41) is 0. The number of carbonyl (C=O) groups is 2. The molecule has 0 fully saturated rings. The van der Waals surface area contributed by atoms with Gasteiger partial charge in [-0.25, -0.2) is 0 Å². The lowest BCUT2D eigenvalue weighted by atomic mass is 10.0. The Bertz CT molecular complexity index is 358. The molecule has 0 N–H and O–H groups in total. The highest BCUT2D eigenvalue weighted by Gasteiger charge is 2.09. The summed E-state index contributed by atoms with van der Waals surface area (Å²) in [5.74, 6) is -0.0384. The minimum atomic E-state index is -0.0652. The Balaban J connectivity index is 4.44. The van der Waals surface area contributed by atoms with Gasteiger partial charge >= 0.3 is 0 Å². The van der Waals surface area contributed by atoms with Gasteiger partial charge in [0.15, 0.2) is 5.78 Å². The monoisotopic (exact) mass is 284 g/mol. The SMILES string of the molecule is C=C(C(=O)CCC(C)=O)/C(C)=C\C=C(/C)Br. The minimum absolute atomic E-state index is 0.0268. The van der Waals surface area contributed by atoms with Crippen molar-refractivity contribution < 1.29 is 9.59 Å². The van der Waals surface area contributed by atoms with Gasteiger partial charge in [-0.3, -0.25) is 4.79 Å². The van der Waals surface area contributed by atoms with Crippen LogP contribution in [0.25, 0.3) is 0 Å². The molecule has 0 amide bonds. The molecule has 88 valence electrons. The number of allylic oxidation sites excluding steroid dienone is 5. The molecule has 0 bridgehead atoms. The van der Waals surface area contributed by atoms with Gasteiger partial charge in [-0.1, -0.05) is 34.7 Å². The molecular formula is C13H17BrO2. The summed E-state index contributed by atoms with van der Waals surface area (Å²) in [6, 6.07) is 0. The lowest BCUT2D eigenvalue weighted by Gasteiger charge is -2.03. The molecule has 0 aromatic rings. The van der Waals surface area contributed by atoms with E-state index >= 15 is 0 Å². The fourth-order valence-electron chi connectivity index (χ4n) is 1.00. The molecule has 0 aliphatic heterocycles. The van der Waals surface area contributed by atoms with Crippen molar-refractivity contribution in [2.75, 3.05) is 0 Å². The summed E-state index contributed by atoms with van der Waals surface area (Å²) in [6.07, 6.45) is 4.23. The average Bonchev–Trinajstić information content (AvgIpc) is 2.21. The van der Waals surface area contributed by atoms with Gasteiger partial charge in [-0.2, -0.15) is 0 Å². The highest BCUT2D eigenvalue weighted by molar-refractivity contribution is 9.11. The second-order valence-electron chi connectivity index (χ2n) is 3.71. The van der Waals surface area contributed by atoms with Crippen molar-refractivity contribution in [1.29, 1.82) is 0 Å². The average molecular weight is 285 g/mol. The molecule has 0 aliphatic carbocycles. The second-order valence-corrected chi connectivity index (χ2v) is 4.96. The maximum atomic E-state index is 11.6. The molecule has 0 radical (unpaired) electrons. The molecule has 16 heavy (non-hydrogen) atoms. The van der Waals surface area contributed by atoms with Crippen molar-refractivity contribution in [2.45, 2.75) is 33.6 Å². The molecule has 2 nitrogen and oxygen atoms in total. The minimum Gasteiger partial charge on any atom is -0.300 e. The Hall–Kier alpha value is -0.960. The van der Waals surface area contributed by atoms with Gasteiger partial charge in [0.05, 0.1) is 0 Å². The predicted molar refractivity (Wildman–Crippen MR) is 70.5 cm³/mol. The van der Waals surface area contributed by atoms with Crippen molar-refractivity contribution in [3.8, 4) is 0 Å². The summed E-state index contributed by atoms with van der Waals surface area (Å²) in [4.78, 5) is 22.4. The molecule has 0 spiro atoms. The van der Waals surface area contributed by atoms with Crippen LogP contribution in [0, 0.1) is 0 Å². The number of hydrogen-bond donors (Lipinski definition) is 0. The van der Waals surface area contributed by atoms with Crippen molar-refractivity contribution >= 4 is 27.5 Å². The van der Waals surface area contributed by atoms with Gasteiger partial charge in [-0.05, 0) is 30.8 Å². The molecule has 0 saturated heterocycles. The number of rotatable bonds is 6. The Morgan fingerprint density at radius 3 is 2.12 bits per heavy atom.